The van der Waals surface area contributed by atoms with E-state index in [2.05, 4.69) is 14.7 Å². The molecule has 0 bridgehead atoms. The van der Waals surface area contributed by atoms with E-state index in [1.54, 1.807) is 17.4 Å². The van der Waals surface area contributed by atoms with E-state index in [9.17, 15) is 14.7 Å². The van der Waals surface area contributed by atoms with Gasteiger partial charge in [0.15, 0.2) is 4.96 Å². The van der Waals surface area contributed by atoms with E-state index in [0.717, 1.165) is 36.0 Å². The summed E-state index contributed by atoms with van der Waals surface area (Å²) in [4.78, 5) is 29.8. The van der Waals surface area contributed by atoms with Crippen LogP contribution in [0, 0.1) is 0 Å². The van der Waals surface area contributed by atoms with E-state index in [4.69, 9.17) is 5.11 Å². The number of carbonyl (C=O) groups is 2. The molecule has 0 fully saturated rings. The van der Waals surface area contributed by atoms with Gasteiger partial charge in [-0.15, -0.1) is 11.3 Å². The van der Waals surface area contributed by atoms with E-state index in [1.807, 2.05) is 6.20 Å². The van der Waals surface area contributed by atoms with Gasteiger partial charge in [0.2, 0.25) is 0 Å². The fourth-order valence-corrected chi connectivity index (χ4v) is 4.93. The molecule has 7 nitrogen and oxygen atoms in total. The summed E-state index contributed by atoms with van der Waals surface area (Å²) in [6.45, 7) is 0. The minimum absolute atomic E-state index is 0.000849. The van der Waals surface area contributed by atoms with Crippen molar-refractivity contribution < 1.29 is 19.8 Å². The van der Waals surface area contributed by atoms with Crippen LogP contribution in [0.4, 0.5) is 0 Å². The summed E-state index contributed by atoms with van der Waals surface area (Å²) >= 11 is 2.72. The maximum Gasteiger partial charge on any atom is 0.352 e. The zero-order valence-electron chi connectivity index (χ0n) is 12.9. The molecule has 2 aliphatic rings. The van der Waals surface area contributed by atoms with Crippen LogP contribution in [0.1, 0.15) is 22.7 Å². The van der Waals surface area contributed by atoms with Crippen LogP contribution in [0.15, 0.2) is 34.0 Å². The summed E-state index contributed by atoms with van der Waals surface area (Å²) in [6, 6.07) is 0. The van der Waals surface area contributed by atoms with Gasteiger partial charge in [-0.25, -0.2) is 14.6 Å². The van der Waals surface area contributed by atoms with Gasteiger partial charge in [-0.3, -0.25) is 4.40 Å². The van der Waals surface area contributed by atoms with Gasteiger partial charge in [-0.2, -0.15) is 0 Å². The number of nitrogens with zero attached hydrogens (tertiary/aromatic N) is 2. The minimum Gasteiger partial charge on any atom is -0.478 e. The van der Waals surface area contributed by atoms with Crippen molar-refractivity contribution >= 4 is 46.1 Å². The lowest BCUT2D eigenvalue weighted by Gasteiger charge is -2.02. The smallest absolute Gasteiger partial charge is 0.352 e. The third kappa shape index (κ3) is 2.85. The molecule has 3 heterocycles. The number of aryl methyl sites for hydroxylation is 2. The number of rotatable bonds is 3. The maximum atomic E-state index is 11.5. The van der Waals surface area contributed by atoms with Crippen molar-refractivity contribution in [2.24, 2.45) is 0 Å². The Bertz CT molecular complexity index is 997. The molecule has 0 saturated carbocycles. The van der Waals surface area contributed by atoms with Gasteiger partial charge < -0.3 is 15.5 Å². The SMILES string of the molecule is O=C(O)C1=CSC(=Cc2cn3c4c(sc3n2)CCC4)C(C(=O)O)=CN1. The lowest BCUT2D eigenvalue weighted by Crippen LogP contribution is -2.15. The molecule has 0 amide bonds. The fraction of sp³-hybridized carbons (Fsp3) is 0.188. The second-order valence-electron chi connectivity index (χ2n) is 5.61. The molecule has 4 rings (SSSR count). The zero-order chi connectivity index (χ0) is 17.6. The highest BCUT2D eigenvalue weighted by Crippen LogP contribution is 2.33. The lowest BCUT2D eigenvalue weighted by atomic mass is 10.2. The van der Waals surface area contributed by atoms with Gasteiger partial charge in [-0.1, -0.05) is 11.8 Å². The molecule has 2 aromatic rings. The number of carboxylic acids is 2. The molecule has 9 heteroatoms. The van der Waals surface area contributed by atoms with Crippen LogP contribution in [0.25, 0.3) is 11.0 Å². The quantitative estimate of drug-likeness (QED) is 0.757. The second kappa shape index (κ2) is 6.08. The molecule has 0 atom stereocenters. The van der Waals surface area contributed by atoms with Crippen LogP contribution in [0.2, 0.25) is 0 Å². The first kappa shape index (κ1) is 16.0. The normalized spacial score (nSPS) is 18.5. The Morgan fingerprint density at radius 1 is 1.28 bits per heavy atom. The standard InChI is InChI=1S/C16H13N3O4S2/c20-14(21)9-5-17-10(15(22)23)7-24-13(9)4-8-6-19-11-2-1-3-12(11)25-16(19)18-8/h4-7,17H,1-3H2,(H,20,21)(H,22,23). The van der Waals surface area contributed by atoms with Crippen LogP contribution in [0.3, 0.4) is 0 Å². The van der Waals surface area contributed by atoms with Crippen LogP contribution in [0.5, 0.6) is 0 Å². The molecule has 128 valence electrons. The van der Waals surface area contributed by atoms with Crippen molar-refractivity contribution in [3.63, 3.8) is 0 Å². The van der Waals surface area contributed by atoms with E-state index < -0.39 is 11.9 Å². The Balaban J connectivity index is 1.74. The fourth-order valence-electron chi connectivity index (χ4n) is 2.86. The number of hydrogen-bond donors (Lipinski definition) is 3. The van der Waals surface area contributed by atoms with E-state index in [0.29, 0.717) is 10.6 Å². The summed E-state index contributed by atoms with van der Waals surface area (Å²) in [5, 5.41) is 22.4. The summed E-state index contributed by atoms with van der Waals surface area (Å²) in [7, 11) is 0. The van der Waals surface area contributed by atoms with Crippen LogP contribution in [-0.4, -0.2) is 31.5 Å². The van der Waals surface area contributed by atoms with Crippen molar-refractivity contribution in [3.05, 3.63) is 50.2 Å². The summed E-state index contributed by atoms with van der Waals surface area (Å²) in [5.41, 5.74) is 1.87. The molecule has 0 saturated heterocycles. The first-order valence-corrected chi connectivity index (χ1v) is 9.24. The molecule has 3 N–H and O–H groups in total. The molecule has 0 radical (unpaired) electrons. The second-order valence-corrected chi connectivity index (χ2v) is 7.59. The number of nitrogens with one attached hydrogen (secondary N) is 1. The lowest BCUT2D eigenvalue weighted by molar-refractivity contribution is -0.133. The summed E-state index contributed by atoms with van der Waals surface area (Å²) < 4.78 is 2.07. The van der Waals surface area contributed by atoms with E-state index in [-0.39, 0.29) is 11.3 Å². The summed E-state index contributed by atoms with van der Waals surface area (Å²) in [5.74, 6) is -2.28. The van der Waals surface area contributed by atoms with Crippen LogP contribution < -0.4 is 5.32 Å². The van der Waals surface area contributed by atoms with Crippen molar-refractivity contribution in [1.29, 1.82) is 0 Å². The van der Waals surface area contributed by atoms with Crippen LogP contribution >= 0.6 is 23.1 Å². The first-order chi connectivity index (χ1) is 12.0. The number of imidazole rings is 1. The van der Waals surface area contributed by atoms with Gasteiger partial charge >= 0.3 is 11.9 Å². The van der Waals surface area contributed by atoms with Crippen molar-refractivity contribution in [3.8, 4) is 0 Å². The average Bonchev–Trinajstić information content (AvgIpc) is 3.16. The predicted octanol–water partition coefficient (Wildman–Crippen LogP) is 2.46. The van der Waals surface area contributed by atoms with Crippen molar-refractivity contribution in [2.75, 3.05) is 0 Å². The number of hydrogen-bond acceptors (Lipinski definition) is 6. The molecule has 1 aliphatic heterocycles. The van der Waals surface area contributed by atoms with Crippen molar-refractivity contribution in [2.45, 2.75) is 19.3 Å². The van der Waals surface area contributed by atoms with Gasteiger partial charge in [0, 0.05) is 33.3 Å². The summed E-state index contributed by atoms with van der Waals surface area (Å²) in [6.07, 6.45) is 8.06. The minimum atomic E-state index is -1.15. The number of carboxylic acid groups (broad SMARTS) is 2. The molecule has 2 aromatic heterocycles. The Morgan fingerprint density at radius 3 is 2.88 bits per heavy atom. The molecule has 25 heavy (non-hydrogen) atoms. The number of fused-ring (bicyclic) bond motifs is 3. The third-order valence-corrected chi connectivity index (χ3v) is 6.12. The Morgan fingerprint density at radius 2 is 2.12 bits per heavy atom. The van der Waals surface area contributed by atoms with Crippen molar-refractivity contribution in [1.82, 2.24) is 14.7 Å². The highest BCUT2D eigenvalue weighted by molar-refractivity contribution is 8.06. The Kier molecular flexibility index (Phi) is 3.89. The highest BCUT2D eigenvalue weighted by atomic mass is 32.2. The largest absolute Gasteiger partial charge is 0.478 e. The average molecular weight is 375 g/mol. The first-order valence-electron chi connectivity index (χ1n) is 7.55. The third-order valence-electron chi connectivity index (χ3n) is 4.02. The number of aromatic nitrogens is 2. The topological polar surface area (TPSA) is 104 Å². The Labute approximate surface area is 150 Å². The Hall–Kier alpha value is -2.52. The number of thioether (sulfide) groups is 1. The number of thiazole rings is 1. The van der Waals surface area contributed by atoms with E-state index >= 15 is 0 Å². The van der Waals surface area contributed by atoms with Gasteiger partial charge in [0.25, 0.3) is 0 Å². The van der Waals surface area contributed by atoms with Gasteiger partial charge in [-0.05, 0) is 25.3 Å². The molecule has 0 spiro atoms. The molecule has 1 aliphatic carbocycles. The molecular formula is C16H13N3O4S2. The van der Waals surface area contributed by atoms with Gasteiger partial charge in [0.05, 0.1) is 11.3 Å². The predicted molar refractivity (Wildman–Crippen MR) is 95.2 cm³/mol. The molecule has 0 aromatic carbocycles. The number of aliphatic carboxylic acids is 2. The maximum absolute atomic E-state index is 11.5. The molecular weight excluding hydrogens is 362 g/mol. The zero-order valence-corrected chi connectivity index (χ0v) is 14.5. The molecule has 0 unspecified atom stereocenters. The van der Waals surface area contributed by atoms with Crippen LogP contribution in [-0.2, 0) is 22.4 Å². The van der Waals surface area contributed by atoms with E-state index in [1.165, 1.54) is 22.2 Å². The monoisotopic (exact) mass is 375 g/mol. The van der Waals surface area contributed by atoms with Gasteiger partial charge in [0.1, 0.15) is 5.70 Å². The highest BCUT2D eigenvalue weighted by Gasteiger charge is 2.21.